The Bertz CT molecular complexity index is 884. The van der Waals surface area contributed by atoms with Crippen molar-refractivity contribution >= 4 is 11.6 Å². The van der Waals surface area contributed by atoms with Gasteiger partial charge in [0.15, 0.2) is 0 Å². The summed E-state index contributed by atoms with van der Waals surface area (Å²) >= 11 is 0. The lowest BCUT2D eigenvalue weighted by atomic mass is 10.0. The molecule has 0 spiro atoms. The van der Waals surface area contributed by atoms with Crippen LogP contribution in [0.15, 0.2) is 60.9 Å². The lowest BCUT2D eigenvalue weighted by Gasteiger charge is -2.24. The number of allylic oxidation sites excluding steroid dienone is 1. The van der Waals surface area contributed by atoms with Gasteiger partial charge in [0.2, 0.25) is 5.95 Å². The van der Waals surface area contributed by atoms with Gasteiger partial charge in [0.25, 0.3) is 0 Å². The van der Waals surface area contributed by atoms with E-state index in [0.717, 1.165) is 22.6 Å². The van der Waals surface area contributed by atoms with Crippen molar-refractivity contribution in [2.45, 2.75) is 6.04 Å². The van der Waals surface area contributed by atoms with E-state index in [4.69, 9.17) is 4.74 Å². The number of hydrogen-bond acceptors (Lipinski definition) is 4. The Labute approximate surface area is 138 Å². The van der Waals surface area contributed by atoms with Crippen molar-refractivity contribution < 1.29 is 9.13 Å². The van der Waals surface area contributed by atoms with E-state index in [0.29, 0.717) is 5.95 Å². The van der Waals surface area contributed by atoms with Crippen LogP contribution in [0.3, 0.4) is 0 Å². The Morgan fingerprint density at radius 2 is 1.83 bits per heavy atom. The Morgan fingerprint density at radius 3 is 2.54 bits per heavy atom. The van der Waals surface area contributed by atoms with Gasteiger partial charge in [-0.1, -0.05) is 12.1 Å². The van der Waals surface area contributed by atoms with Gasteiger partial charge in [0.1, 0.15) is 23.9 Å². The number of nitrogens with one attached hydrogen (secondary N) is 1. The van der Waals surface area contributed by atoms with Crippen LogP contribution in [-0.4, -0.2) is 21.9 Å². The number of hydrogen-bond donors (Lipinski definition) is 1. The zero-order valence-electron chi connectivity index (χ0n) is 13.0. The smallest absolute Gasteiger partial charge is 0.226 e. The van der Waals surface area contributed by atoms with Crippen molar-refractivity contribution in [2.75, 3.05) is 12.4 Å². The lowest BCUT2D eigenvalue weighted by molar-refractivity contribution is 0.414. The van der Waals surface area contributed by atoms with Gasteiger partial charge < -0.3 is 10.1 Å². The van der Waals surface area contributed by atoms with Crippen LogP contribution in [-0.2, 0) is 0 Å². The first kappa shape index (κ1) is 14.4. The molecule has 0 saturated heterocycles. The van der Waals surface area contributed by atoms with E-state index in [2.05, 4.69) is 21.5 Å². The van der Waals surface area contributed by atoms with Crippen molar-refractivity contribution in [1.82, 2.24) is 14.8 Å². The van der Waals surface area contributed by atoms with Crippen LogP contribution in [0.1, 0.15) is 17.2 Å². The number of nitrogens with zero attached hydrogens (tertiary/aromatic N) is 3. The summed E-state index contributed by atoms with van der Waals surface area (Å²) in [5.74, 6) is 1.19. The molecule has 4 rings (SSSR count). The average Bonchev–Trinajstić information content (AvgIpc) is 3.10. The SMILES string of the molecule is COc1ccc([C@H]2C=C(c3ccc(F)cc3)Nc3ncnn32)cc1. The third kappa shape index (κ3) is 2.52. The minimum atomic E-state index is -0.259. The second kappa shape index (κ2) is 5.81. The zero-order chi connectivity index (χ0) is 16.5. The molecular formula is C18H15FN4O. The first-order valence-corrected chi connectivity index (χ1v) is 7.53. The predicted octanol–water partition coefficient (Wildman–Crippen LogP) is 3.48. The fourth-order valence-electron chi connectivity index (χ4n) is 2.77. The number of anilines is 1. The molecule has 6 heteroatoms. The Morgan fingerprint density at radius 1 is 1.08 bits per heavy atom. The van der Waals surface area contributed by atoms with Crippen molar-refractivity contribution in [2.24, 2.45) is 0 Å². The van der Waals surface area contributed by atoms with Crippen LogP contribution in [0.5, 0.6) is 5.75 Å². The molecule has 0 saturated carbocycles. The lowest BCUT2D eigenvalue weighted by Crippen LogP contribution is -2.20. The zero-order valence-corrected chi connectivity index (χ0v) is 13.0. The van der Waals surface area contributed by atoms with E-state index in [1.165, 1.54) is 18.5 Å². The first-order chi connectivity index (χ1) is 11.7. The molecule has 1 aliphatic heterocycles. The summed E-state index contributed by atoms with van der Waals surface area (Å²) in [6, 6.07) is 14.1. The molecule has 0 aliphatic carbocycles. The number of ether oxygens (including phenoxy) is 1. The molecule has 0 fully saturated rings. The Kier molecular flexibility index (Phi) is 3.49. The highest BCUT2D eigenvalue weighted by molar-refractivity contribution is 5.77. The highest BCUT2D eigenvalue weighted by Gasteiger charge is 2.23. The molecule has 120 valence electrons. The number of methoxy groups -OCH3 is 1. The van der Waals surface area contributed by atoms with Crippen molar-refractivity contribution in [3.05, 3.63) is 77.9 Å². The molecule has 5 nitrogen and oxygen atoms in total. The molecule has 0 radical (unpaired) electrons. The van der Waals surface area contributed by atoms with E-state index < -0.39 is 0 Å². The van der Waals surface area contributed by atoms with E-state index in [9.17, 15) is 4.39 Å². The fraction of sp³-hybridized carbons (Fsp3) is 0.111. The van der Waals surface area contributed by atoms with Gasteiger partial charge in [0, 0.05) is 5.70 Å². The number of aromatic nitrogens is 3. The van der Waals surface area contributed by atoms with Crippen LogP contribution >= 0.6 is 0 Å². The summed E-state index contributed by atoms with van der Waals surface area (Å²) in [4.78, 5) is 4.26. The maximum Gasteiger partial charge on any atom is 0.226 e. The summed E-state index contributed by atoms with van der Waals surface area (Å²) in [5.41, 5.74) is 2.82. The molecule has 0 amide bonds. The largest absolute Gasteiger partial charge is 0.497 e. The molecule has 2 aromatic carbocycles. The summed E-state index contributed by atoms with van der Waals surface area (Å²) in [6.07, 6.45) is 3.57. The number of fused-ring (bicyclic) bond motifs is 1. The quantitative estimate of drug-likeness (QED) is 0.802. The van der Waals surface area contributed by atoms with Crippen LogP contribution in [0.25, 0.3) is 5.70 Å². The number of halogens is 1. The normalized spacial score (nSPS) is 16.1. The van der Waals surface area contributed by atoms with Gasteiger partial charge in [-0.3, -0.25) is 0 Å². The van der Waals surface area contributed by atoms with Gasteiger partial charge in [-0.25, -0.2) is 9.07 Å². The Balaban J connectivity index is 1.77. The number of benzene rings is 2. The third-order valence-electron chi connectivity index (χ3n) is 4.02. The van der Waals surface area contributed by atoms with Crippen LogP contribution < -0.4 is 10.1 Å². The molecule has 1 aromatic heterocycles. The molecule has 0 unspecified atom stereocenters. The first-order valence-electron chi connectivity index (χ1n) is 7.53. The second-order valence-electron chi connectivity index (χ2n) is 5.46. The van der Waals surface area contributed by atoms with Gasteiger partial charge >= 0.3 is 0 Å². The van der Waals surface area contributed by atoms with Crippen LogP contribution in [0.2, 0.25) is 0 Å². The topological polar surface area (TPSA) is 52.0 Å². The second-order valence-corrected chi connectivity index (χ2v) is 5.46. The molecule has 0 bridgehead atoms. The summed E-state index contributed by atoms with van der Waals surface area (Å²) in [5, 5.41) is 7.54. The highest BCUT2D eigenvalue weighted by atomic mass is 19.1. The maximum atomic E-state index is 13.2. The summed E-state index contributed by atoms with van der Waals surface area (Å²) in [6.45, 7) is 0. The monoisotopic (exact) mass is 322 g/mol. The van der Waals surface area contributed by atoms with Crippen molar-refractivity contribution in [3.8, 4) is 5.75 Å². The van der Waals surface area contributed by atoms with Gasteiger partial charge in [-0.05, 0) is 53.6 Å². The van der Waals surface area contributed by atoms with Gasteiger partial charge in [-0.15, -0.1) is 0 Å². The molecule has 1 N–H and O–H groups in total. The summed E-state index contributed by atoms with van der Waals surface area (Å²) in [7, 11) is 1.64. The molecule has 1 atom stereocenters. The Hall–Kier alpha value is -3.15. The highest BCUT2D eigenvalue weighted by Crippen LogP contribution is 2.32. The van der Waals surface area contributed by atoms with Crippen LogP contribution in [0.4, 0.5) is 10.3 Å². The fourth-order valence-corrected chi connectivity index (χ4v) is 2.77. The summed E-state index contributed by atoms with van der Waals surface area (Å²) < 4.78 is 20.2. The number of rotatable bonds is 3. The molecular weight excluding hydrogens is 307 g/mol. The molecule has 3 aromatic rings. The maximum absolute atomic E-state index is 13.2. The standard InChI is InChI=1S/C18H15FN4O/c1-24-15-8-4-13(5-9-15)17-10-16(12-2-6-14(19)7-3-12)22-18-20-11-21-23(17)18/h2-11,17H,1H3,(H,20,21,22)/t17-/m1/s1. The van der Waals surface area contributed by atoms with Crippen molar-refractivity contribution in [3.63, 3.8) is 0 Å². The molecule has 24 heavy (non-hydrogen) atoms. The molecule has 1 aliphatic rings. The third-order valence-corrected chi connectivity index (χ3v) is 4.02. The predicted molar refractivity (Wildman–Crippen MR) is 89.2 cm³/mol. The average molecular weight is 322 g/mol. The minimum Gasteiger partial charge on any atom is -0.497 e. The van der Waals surface area contributed by atoms with Crippen LogP contribution in [0, 0.1) is 5.82 Å². The van der Waals surface area contributed by atoms with E-state index in [1.54, 1.807) is 19.2 Å². The van der Waals surface area contributed by atoms with E-state index in [-0.39, 0.29) is 11.9 Å². The van der Waals surface area contributed by atoms with E-state index in [1.807, 2.05) is 28.9 Å². The minimum absolute atomic E-state index is 0.102. The van der Waals surface area contributed by atoms with Gasteiger partial charge in [0.05, 0.1) is 7.11 Å². The molecule has 2 heterocycles. The van der Waals surface area contributed by atoms with Crippen molar-refractivity contribution in [1.29, 1.82) is 0 Å². The van der Waals surface area contributed by atoms with E-state index >= 15 is 0 Å². The van der Waals surface area contributed by atoms with Gasteiger partial charge in [-0.2, -0.15) is 10.1 Å².